The number of ether oxygens (including phenoxy) is 1. The molecule has 4 heterocycles. The molecule has 6 rings (SSSR count). The maximum atomic E-state index is 13.4. The van der Waals surface area contributed by atoms with Gasteiger partial charge in [-0.15, -0.1) is 0 Å². The van der Waals surface area contributed by atoms with Crippen LogP contribution in [0.25, 0.3) is 22.4 Å². The third kappa shape index (κ3) is 6.22. The molecule has 1 atom stereocenters. The van der Waals surface area contributed by atoms with Crippen molar-refractivity contribution < 1.29 is 19.4 Å². The molecule has 2 aliphatic heterocycles. The summed E-state index contributed by atoms with van der Waals surface area (Å²) in [5, 5.41) is 13.4. The van der Waals surface area contributed by atoms with Gasteiger partial charge in [0.1, 0.15) is 6.04 Å². The number of hydrogen-bond donors (Lipinski definition) is 2. The van der Waals surface area contributed by atoms with Gasteiger partial charge in [0, 0.05) is 61.1 Å². The Balaban J connectivity index is 1.27. The number of carboxylic acids is 1. The van der Waals surface area contributed by atoms with Crippen LogP contribution >= 0.6 is 23.2 Å². The largest absolute Gasteiger partial charge is 0.481 e. The molecule has 0 bridgehead atoms. The monoisotopic (exact) mass is 662 g/mol. The first-order valence-corrected chi connectivity index (χ1v) is 16.0. The molecule has 0 radical (unpaired) electrons. The Bertz CT molecular complexity index is 1810. The average Bonchev–Trinajstić information content (AvgIpc) is 3.38. The summed E-state index contributed by atoms with van der Waals surface area (Å²) in [4.78, 5) is 38.7. The zero-order valence-electron chi connectivity index (χ0n) is 26.0. The van der Waals surface area contributed by atoms with E-state index in [1.165, 1.54) is 0 Å². The Labute approximate surface area is 277 Å². The lowest BCUT2D eigenvalue weighted by atomic mass is 9.99. The predicted octanol–water partition coefficient (Wildman–Crippen LogP) is 6.14. The number of nitrogens with one attached hydrogen (secondary N) is 1. The van der Waals surface area contributed by atoms with E-state index in [0.29, 0.717) is 75.9 Å². The van der Waals surface area contributed by atoms with E-state index in [2.05, 4.69) is 15.2 Å². The van der Waals surface area contributed by atoms with Crippen LogP contribution in [0.15, 0.2) is 48.5 Å². The first kappa shape index (κ1) is 32.0. The van der Waals surface area contributed by atoms with Crippen molar-refractivity contribution in [2.75, 3.05) is 32.6 Å². The molecular weight excluding hydrogens is 627 g/mol. The molecule has 240 valence electrons. The van der Waals surface area contributed by atoms with Crippen molar-refractivity contribution in [3.63, 3.8) is 0 Å². The van der Waals surface area contributed by atoms with Gasteiger partial charge in [-0.3, -0.25) is 14.5 Å². The summed E-state index contributed by atoms with van der Waals surface area (Å²) in [6, 6.07) is 14.3. The van der Waals surface area contributed by atoms with E-state index in [0.717, 1.165) is 42.8 Å². The maximum absolute atomic E-state index is 13.4. The van der Waals surface area contributed by atoms with Crippen LogP contribution in [0.5, 0.6) is 5.88 Å². The normalized spacial score (nSPS) is 17.0. The molecule has 0 saturated carbocycles. The van der Waals surface area contributed by atoms with Crippen LogP contribution < -0.4 is 10.1 Å². The first-order chi connectivity index (χ1) is 22.2. The summed E-state index contributed by atoms with van der Waals surface area (Å²) in [6.45, 7) is 2.75. The van der Waals surface area contributed by atoms with Crippen molar-refractivity contribution in [1.29, 1.82) is 0 Å². The molecule has 2 aromatic heterocycles. The highest BCUT2D eigenvalue weighted by molar-refractivity contribution is 6.39. The topological polar surface area (TPSA) is 113 Å². The molecule has 0 unspecified atom stereocenters. The van der Waals surface area contributed by atoms with Gasteiger partial charge in [-0.2, -0.15) is 0 Å². The average molecular weight is 664 g/mol. The molecule has 1 fully saturated rings. The molecule has 1 amide bonds. The minimum Gasteiger partial charge on any atom is -0.481 e. The summed E-state index contributed by atoms with van der Waals surface area (Å²) in [5.74, 6) is -0.394. The second kappa shape index (κ2) is 13.4. The van der Waals surface area contributed by atoms with Crippen molar-refractivity contribution >= 4 is 40.8 Å². The number of imidazole rings is 1. The van der Waals surface area contributed by atoms with E-state index < -0.39 is 12.0 Å². The standard InChI is InChI=1S/C34H36Cl2N6O4/c1-40-17-15-27-26(19-40)37-31(41(27)2)32(43)38-25-11-7-9-22(30(25)36)21-8-6-10-23(29(21)35)24-14-13-20(33(39-24)46-3)18-42-16-5-4-12-28(42)34(44)45/h6-11,13-14,28H,4-5,12,15-19H2,1-3H3,(H,38,43)(H,44,45)/t28-/m0/s1. The maximum Gasteiger partial charge on any atom is 0.320 e. The van der Waals surface area contributed by atoms with Gasteiger partial charge < -0.3 is 24.6 Å². The second-order valence-electron chi connectivity index (χ2n) is 11.8. The van der Waals surface area contributed by atoms with Crippen LogP contribution in [0.2, 0.25) is 10.0 Å². The fraction of sp³-hybridized carbons (Fsp3) is 0.353. The van der Waals surface area contributed by atoms with Gasteiger partial charge in [-0.1, -0.05) is 66.0 Å². The second-order valence-corrected chi connectivity index (χ2v) is 12.6. The van der Waals surface area contributed by atoms with Crippen LogP contribution in [0.3, 0.4) is 0 Å². The summed E-state index contributed by atoms with van der Waals surface area (Å²) in [7, 11) is 5.46. The lowest BCUT2D eigenvalue weighted by molar-refractivity contribution is -0.144. The molecule has 0 spiro atoms. The van der Waals surface area contributed by atoms with E-state index in [9.17, 15) is 14.7 Å². The van der Waals surface area contributed by atoms with Gasteiger partial charge in [-0.25, -0.2) is 9.97 Å². The van der Waals surface area contributed by atoms with Crippen LogP contribution in [0, 0.1) is 0 Å². The summed E-state index contributed by atoms with van der Waals surface area (Å²) in [5.41, 5.74) is 5.85. The van der Waals surface area contributed by atoms with Gasteiger partial charge in [0.15, 0.2) is 5.82 Å². The number of nitrogens with zero attached hydrogens (tertiary/aromatic N) is 5. The fourth-order valence-corrected chi connectivity index (χ4v) is 7.01. The number of aliphatic carboxylic acids is 1. The highest BCUT2D eigenvalue weighted by Crippen LogP contribution is 2.41. The van der Waals surface area contributed by atoms with Crippen LogP contribution in [-0.2, 0) is 31.4 Å². The van der Waals surface area contributed by atoms with Crippen LogP contribution in [0.1, 0.15) is 46.8 Å². The van der Waals surface area contributed by atoms with Gasteiger partial charge in [0.05, 0.1) is 34.2 Å². The number of likely N-dealkylation sites (N-methyl/N-ethyl adjacent to an activating group) is 1. The van der Waals surface area contributed by atoms with Crippen molar-refractivity contribution in [3.8, 4) is 28.3 Å². The smallest absolute Gasteiger partial charge is 0.320 e. The van der Waals surface area contributed by atoms with Crippen molar-refractivity contribution in [2.45, 2.75) is 44.8 Å². The molecule has 46 heavy (non-hydrogen) atoms. The quantitative estimate of drug-likeness (QED) is 0.231. The number of likely N-dealkylation sites (tertiary alicyclic amines) is 1. The minimum atomic E-state index is -0.808. The summed E-state index contributed by atoms with van der Waals surface area (Å²) in [6.07, 6.45) is 3.32. The van der Waals surface area contributed by atoms with Crippen molar-refractivity contribution in [2.24, 2.45) is 7.05 Å². The third-order valence-corrected chi connectivity index (χ3v) is 9.68. The first-order valence-electron chi connectivity index (χ1n) is 15.3. The number of halogens is 2. The number of rotatable bonds is 8. The molecule has 12 heteroatoms. The van der Waals surface area contributed by atoms with E-state index in [4.69, 9.17) is 32.9 Å². The van der Waals surface area contributed by atoms with Crippen LogP contribution in [-0.4, -0.2) is 74.6 Å². The Kier molecular flexibility index (Phi) is 9.33. The predicted molar refractivity (Wildman–Crippen MR) is 179 cm³/mol. The van der Waals surface area contributed by atoms with E-state index >= 15 is 0 Å². The summed E-state index contributed by atoms with van der Waals surface area (Å²) < 4.78 is 7.51. The van der Waals surface area contributed by atoms with Gasteiger partial charge in [-0.05, 0) is 38.6 Å². The van der Waals surface area contributed by atoms with Crippen molar-refractivity contribution in [1.82, 2.24) is 24.3 Å². The number of aromatic nitrogens is 3. The molecule has 10 nitrogen and oxygen atoms in total. The number of methoxy groups -OCH3 is 1. The Morgan fingerprint density at radius 2 is 1.72 bits per heavy atom. The number of anilines is 1. The number of fused-ring (bicyclic) bond motifs is 1. The molecule has 0 aliphatic carbocycles. The highest BCUT2D eigenvalue weighted by atomic mass is 35.5. The lowest BCUT2D eigenvalue weighted by Crippen LogP contribution is -2.44. The number of pyridine rings is 1. The molecule has 2 aromatic carbocycles. The minimum absolute atomic E-state index is 0.337. The zero-order chi connectivity index (χ0) is 32.5. The molecule has 1 saturated heterocycles. The lowest BCUT2D eigenvalue weighted by Gasteiger charge is -2.33. The molecule has 2 N–H and O–H groups in total. The number of carbonyl (C=O) groups is 2. The molecule has 4 aromatic rings. The number of hydrogen-bond acceptors (Lipinski definition) is 7. The van der Waals surface area contributed by atoms with E-state index in [1.807, 2.05) is 66.0 Å². The Morgan fingerprint density at radius 1 is 0.978 bits per heavy atom. The Morgan fingerprint density at radius 3 is 2.48 bits per heavy atom. The number of carboxylic acid groups (broad SMARTS) is 1. The number of amides is 1. The molecule has 2 aliphatic rings. The number of benzene rings is 2. The van der Waals surface area contributed by atoms with Gasteiger partial charge in [0.25, 0.3) is 5.91 Å². The van der Waals surface area contributed by atoms with Crippen molar-refractivity contribution in [3.05, 3.63) is 81.4 Å². The van der Waals surface area contributed by atoms with E-state index in [-0.39, 0.29) is 5.91 Å². The summed E-state index contributed by atoms with van der Waals surface area (Å²) >= 11 is 13.9. The SMILES string of the molecule is COc1nc(-c2cccc(-c3cccc(NC(=O)c4nc5c(n4C)CCN(C)C5)c3Cl)c2Cl)ccc1CN1CCCC[C@H]1C(=O)O. The van der Waals surface area contributed by atoms with Crippen LogP contribution in [0.4, 0.5) is 5.69 Å². The van der Waals surface area contributed by atoms with Gasteiger partial charge >= 0.3 is 5.97 Å². The number of carbonyl (C=O) groups excluding carboxylic acids is 1. The fourth-order valence-electron chi connectivity index (χ4n) is 6.41. The highest BCUT2D eigenvalue weighted by Gasteiger charge is 2.29. The number of piperidine rings is 1. The third-order valence-electron chi connectivity index (χ3n) is 8.87. The Hall–Kier alpha value is -3.96. The van der Waals surface area contributed by atoms with Gasteiger partial charge in [0.2, 0.25) is 5.88 Å². The molecular formula is C34H36Cl2N6O4. The zero-order valence-corrected chi connectivity index (χ0v) is 27.5. The van der Waals surface area contributed by atoms with E-state index in [1.54, 1.807) is 13.2 Å².